The predicted molar refractivity (Wildman–Crippen MR) is 94.1 cm³/mol. The number of benzene rings is 2. The smallest absolute Gasteiger partial charge is 0.263 e. The summed E-state index contributed by atoms with van der Waals surface area (Å²) in [7, 11) is -3.50. The molecule has 0 saturated carbocycles. The summed E-state index contributed by atoms with van der Waals surface area (Å²) >= 11 is 0. The molecule has 2 aromatic carbocycles. The number of nitrogens with one attached hydrogen (secondary N) is 1. The van der Waals surface area contributed by atoms with Crippen molar-refractivity contribution in [3.8, 4) is 5.75 Å². The molecular weight excluding hydrogens is 324 g/mol. The first-order valence-corrected chi connectivity index (χ1v) is 9.38. The van der Waals surface area contributed by atoms with Gasteiger partial charge >= 0.3 is 0 Å². The molecule has 1 unspecified atom stereocenters. The van der Waals surface area contributed by atoms with Crippen LogP contribution in [-0.2, 0) is 10.0 Å². The number of fused-ring (bicyclic) bond motifs is 1. The lowest BCUT2D eigenvalue weighted by Gasteiger charge is -2.17. The Morgan fingerprint density at radius 1 is 1.12 bits per heavy atom. The number of hydrogen-bond acceptors (Lipinski definition) is 4. The normalized spacial score (nSPS) is 18.0. The van der Waals surface area contributed by atoms with Crippen LogP contribution in [0.1, 0.15) is 24.5 Å². The molecule has 1 aliphatic rings. The van der Waals surface area contributed by atoms with Crippen LogP contribution < -0.4 is 9.46 Å². The van der Waals surface area contributed by atoms with Crippen molar-refractivity contribution in [3.63, 3.8) is 0 Å². The van der Waals surface area contributed by atoms with Gasteiger partial charge in [-0.3, -0.25) is 9.71 Å². The molecule has 0 radical (unpaired) electrons. The second kappa shape index (κ2) is 6.65. The third kappa shape index (κ3) is 3.28. The van der Waals surface area contributed by atoms with Crippen LogP contribution in [0.2, 0.25) is 0 Å². The molecular formula is C18H20N2O3S. The number of amidine groups is 1. The molecule has 0 saturated heterocycles. The highest BCUT2D eigenvalue weighted by Crippen LogP contribution is 2.23. The summed E-state index contributed by atoms with van der Waals surface area (Å²) in [6.07, 6.45) is 0.662. The minimum Gasteiger partial charge on any atom is -0.488 e. The Hall–Kier alpha value is -2.34. The van der Waals surface area contributed by atoms with Crippen LogP contribution in [0.5, 0.6) is 5.75 Å². The fourth-order valence-corrected chi connectivity index (χ4v) is 3.81. The van der Waals surface area contributed by atoms with E-state index in [1.165, 1.54) is 0 Å². The standard InChI is InChI=1S/C18H20N2O3S/c1-3-14(23-16-10-6-4-8-13(16)2)12-19-18-15-9-5-7-11-17(15)24(21,22)20-18/h4-11,14H,3,12H2,1-2H3,(H,19,20). The van der Waals surface area contributed by atoms with Crippen molar-refractivity contribution in [2.75, 3.05) is 6.54 Å². The molecule has 1 heterocycles. The van der Waals surface area contributed by atoms with Crippen molar-refractivity contribution >= 4 is 15.9 Å². The van der Waals surface area contributed by atoms with Crippen LogP contribution in [0.3, 0.4) is 0 Å². The zero-order valence-corrected chi connectivity index (χ0v) is 14.5. The first kappa shape index (κ1) is 16.5. The number of para-hydroxylation sites is 1. The Morgan fingerprint density at radius 3 is 2.58 bits per heavy atom. The summed E-state index contributed by atoms with van der Waals surface area (Å²) < 4.78 is 32.7. The Kier molecular flexibility index (Phi) is 4.57. The number of aryl methyl sites for hydroxylation is 1. The van der Waals surface area contributed by atoms with E-state index >= 15 is 0 Å². The van der Waals surface area contributed by atoms with Crippen molar-refractivity contribution < 1.29 is 13.2 Å². The van der Waals surface area contributed by atoms with Gasteiger partial charge in [-0.2, -0.15) is 0 Å². The molecule has 0 amide bonds. The quantitative estimate of drug-likeness (QED) is 0.907. The fourth-order valence-electron chi connectivity index (χ4n) is 2.56. The number of rotatable bonds is 5. The molecule has 6 heteroatoms. The molecule has 0 aliphatic carbocycles. The Labute approximate surface area is 142 Å². The van der Waals surface area contributed by atoms with Crippen LogP contribution >= 0.6 is 0 Å². The molecule has 24 heavy (non-hydrogen) atoms. The van der Waals surface area contributed by atoms with Gasteiger partial charge in [0, 0.05) is 5.56 Å². The number of hydrogen-bond donors (Lipinski definition) is 1. The molecule has 1 atom stereocenters. The van der Waals surface area contributed by atoms with E-state index in [0.717, 1.165) is 17.7 Å². The average molecular weight is 344 g/mol. The topological polar surface area (TPSA) is 67.8 Å². The summed E-state index contributed by atoms with van der Waals surface area (Å²) in [4.78, 5) is 4.73. The van der Waals surface area contributed by atoms with E-state index in [2.05, 4.69) is 9.71 Å². The van der Waals surface area contributed by atoms with E-state index in [0.29, 0.717) is 17.9 Å². The number of ether oxygens (including phenoxy) is 1. The van der Waals surface area contributed by atoms with Gasteiger partial charge in [0.1, 0.15) is 17.7 Å². The number of aliphatic imine (C=N–C) groups is 1. The minimum atomic E-state index is -3.50. The van der Waals surface area contributed by atoms with E-state index in [9.17, 15) is 8.42 Å². The Balaban J connectivity index is 1.79. The zero-order chi connectivity index (χ0) is 17.2. The molecule has 126 valence electrons. The van der Waals surface area contributed by atoms with Crippen molar-refractivity contribution in [3.05, 3.63) is 59.7 Å². The average Bonchev–Trinajstić information content (AvgIpc) is 2.84. The summed E-state index contributed by atoms with van der Waals surface area (Å²) in [6, 6.07) is 14.7. The van der Waals surface area contributed by atoms with E-state index in [4.69, 9.17) is 4.74 Å². The summed E-state index contributed by atoms with van der Waals surface area (Å²) in [5, 5.41) is 0. The molecule has 3 rings (SSSR count). The van der Waals surface area contributed by atoms with Crippen LogP contribution in [-0.4, -0.2) is 26.9 Å². The maximum absolute atomic E-state index is 12.1. The van der Waals surface area contributed by atoms with Gasteiger partial charge in [0.05, 0.1) is 11.4 Å². The van der Waals surface area contributed by atoms with E-state index in [1.807, 2.05) is 38.1 Å². The van der Waals surface area contributed by atoms with Gasteiger partial charge in [0.25, 0.3) is 10.0 Å². The number of sulfonamides is 1. The summed E-state index contributed by atoms with van der Waals surface area (Å²) in [5.41, 5.74) is 1.68. The first-order chi connectivity index (χ1) is 11.5. The monoisotopic (exact) mass is 344 g/mol. The van der Waals surface area contributed by atoms with Gasteiger partial charge in [-0.1, -0.05) is 37.3 Å². The van der Waals surface area contributed by atoms with Gasteiger partial charge in [-0.15, -0.1) is 0 Å². The lowest BCUT2D eigenvalue weighted by Crippen LogP contribution is -2.25. The third-order valence-electron chi connectivity index (χ3n) is 3.96. The molecule has 5 nitrogen and oxygen atoms in total. The second-order valence-corrected chi connectivity index (χ2v) is 7.36. The van der Waals surface area contributed by atoms with Crippen LogP contribution in [0, 0.1) is 6.92 Å². The van der Waals surface area contributed by atoms with E-state index in [1.54, 1.807) is 24.3 Å². The van der Waals surface area contributed by atoms with Crippen molar-refractivity contribution in [2.45, 2.75) is 31.3 Å². The molecule has 0 fully saturated rings. The second-order valence-electron chi connectivity index (χ2n) is 5.70. The predicted octanol–water partition coefficient (Wildman–Crippen LogP) is 2.89. The van der Waals surface area contributed by atoms with Gasteiger partial charge in [-0.25, -0.2) is 8.42 Å². The highest BCUT2D eigenvalue weighted by atomic mass is 32.2. The summed E-state index contributed by atoms with van der Waals surface area (Å²) in [6.45, 7) is 4.40. The highest BCUT2D eigenvalue weighted by Gasteiger charge is 2.30. The van der Waals surface area contributed by atoms with E-state index in [-0.39, 0.29) is 11.0 Å². The largest absolute Gasteiger partial charge is 0.488 e. The minimum absolute atomic E-state index is 0.115. The lowest BCUT2D eigenvalue weighted by molar-refractivity contribution is 0.204. The zero-order valence-electron chi connectivity index (χ0n) is 13.7. The molecule has 1 N–H and O–H groups in total. The van der Waals surface area contributed by atoms with Gasteiger partial charge < -0.3 is 4.74 Å². The summed E-state index contributed by atoms with van der Waals surface area (Å²) in [5.74, 6) is 1.22. The van der Waals surface area contributed by atoms with Crippen LogP contribution in [0.25, 0.3) is 0 Å². The van der Waals surface area contributed by atoms with Crippen LogP contribution in [0.4, 0.5) is 0 Å². The van der Waals surface area contributed by atoms with Crippen LogP contribution in [0.15, 0.2) is 58.4 Å². The van der Waals surface area contributed by atoms with Gasteiger partial charge in [0.15, 0.2) is 0 Å². The molecule has 1 aliphatic heterocycles. The third-order valence-corrected chi connectivity index (χ3v) is 5.36. The fraction of sp³-hybridized carbons (Fsp3) is 0.278. The van der Waals surface area contributed by atoms with Gasteiger partial charge in [0.2, 0.25) is 0 Å². The maximum Gasteiger partial charge on any atom is 0.263 e. The molecule has 0 aromatic heterocycles. The van der Waals surface area contributed by atoms with Crippen molar-refractivity contribution in [2.24, 2.45) is 4.99 Å². The van der Waals surface area contributed by atoms with Gasteiger partial charge in [-0.05, 0) is 37.1 Å². The Bertz CT molecular complexity index is 875. The van der Waals surface area contributed by atoms with Crippen molar-refractivity contribution in [1.82, 2.24) is 4.72 Å². The lowest BCUT2D eigenvalue weighted by atomic mass is 10.2. The maximum atomic E-state index is 12.1. The highest BCUT2D eigenvalue weighted by molar-refractivity contribution is 7.90. The Morgan fingerprint density at radius 2 is 1.83 bits per heavy atom. The molecule has 2 aromatic rings. The molecule has 0 bridgehead atoms. The first-order valence-electron chi connectivity index (χ1n) is 7.90. The molecule has 0 spiro atoms. The van der Waals surface area contributed by atoms with E-state index < -0.39 is 10.0 Å². The number of nitrogens with zero attached hydrogens (tertiary/aromatic N) is 1. The SMILES string of the molecule is CCC(CN=C1NS(=O)(=O)c2ccccc21)Oc1ccccc1C. The van der Waals surface area contributed by atoms with Crippen molar-refractivity contribution in [1.29, 1.82) is 0 Å².